The Morgan fingerprint density at radius 3 is 2.80 bits per heavy atom. The molecule has 0 aliphatic carbocycles. The standard InChI is InChI=1S/C20H22F3N5OS/c1-2-4-28(11-12-6-14(20(21,22)23)16(9-24)26-10-12)19(29)13-7-17-15(3-5-30-17)27-18(25)8-13/h3,5-7,10H,2,4,8-9,11,24H2,1H3,(H2,25,27). The van der Waals surface area contributed by atoms with Crippen LogP contribution in [0.15, 0.2) is 34.3 Å². The summed E-state index contributed by atoms with van der Waals surface area (Å²) in [6, 6.07) is 2.84. The number of halogens is 3. The van der Waals surface area contributed by atoms with Gasteiger partial charge in [0.1, 0.15) is 5.84 Å². The zero-order chi connectivity index (χ0) is 21.9. The number of pyridine rings is 1. The number of carbonyl (C=O) groups excluding carboxylic acids is 1. The van der Waals surface area contributed by atoms with Gasteiger partial charge in [-0.1, -0.05) is 6.92 Å². The molecule has 0 aromatic carbocycles. The summed E-state index contributed by atoms with van der Waals surface area (Å²) in [7, 11) is 0. The van der Waals surface area contributed by atoms with E-state index in [0.717, 1.165) is 10.9 Å². The van der Waals surface area contributed by atoms with E-state index in [2.05, 4.69) is 9.98 Å². The van der Waals surface area contributed by atoms with E-state index >= 15 is 0 Å². The molecule has 2 aromatic rings. The van der Waals surface area contributed by atoms with Crippen molar-refractivity contribution in [2.75, 3.05) is 6.54 Å². The van der Waals surface area contributed by atoms with Crippen molar-refractivity contribution in [3.05, 3.63) is 51.0 Å². The minimum absolute atomic E-state index is 0.000704. The maximum Gasteiger partial charge on any atom is 0.418 e. The number of nitrogens with two attached hydrogens (primary N) is 2. The van der Waals surface area contributed by atoms with Crippen molar-refractivity contribution >= 4 is 34.8 Å². The van der Waals surface area contributed by atoms with Crippen LogP contribution in [0.25, 0.3) is 6.08 Å². The molecule has 0 saturated heterocycles. The topological polar surface area (TPSA) is 97.6 Å². The molecule has 1 aliphatic heterocycles. The molecule has 3 rings (SSSR count). The SMILES string of the molecule is CCCN(Cc1cnc(CN)c(C(F)(F)F)c1)C(=O)C1=Cc2sccc2N=C(N)C1. The van der Waals surface area contributed by atoms with Gasteiger partial charge < -0.3 is 16.4 Å². The van der Waals surface area contributed by atoms with Crippen LogP contribution in [0.3, 0.4) is 0 Å². The third kappa shape index (κ3) is 4.88. The minimum atomic E-state index is -4.57. The predicted octanol–water partition coefficient (Wildman–Crippen LogP) is 3.84. The van der Waals surface area contributed by atoms with E-state index in [1.165, 1.54) is 22.4 Å². The van der Waals surface area contributed by atoms with E-state index in [9.17, 15) is 18.0 Å². The van der Waals surface area contributed by atoms with Crippen LogP contribution < -0.4 is 11.5 Å². The molecule has 1 aliphatic rings. The fraction of sp³-hybridized carbons (Fsp3) is 0.350. The summed E-state index contributed by atoms with van der Waals surface area (Å²) in [5, 5.41) is 1.86. The number of aliphatic imine (C=N–C) groups is 1. The summed E-state index contributed by atoms with van der Waals surface area (Å²) in [5.74, 6) is 0.0317. The summed E-state index contributed by atoms with van der Waals surface area (Å²) in [6.45, 7) is 1.96. The van der Waals surface area contributed by atoms with Crippen molar-refractivity contribution in [1.29, 1.82) is 0 Å². The van der Waals surface area contributed by atoms with Gasteiger partial charge in [0.2, 0.25) is 0 Å². The quantitative estimate of drug-likeness (QED) is 0.718. The number of hydrogen-bond acceptors (Lipinski definition) is 6. The number of carbonyl (C=O) groups is 1. The second kappa shape index (κ2) is 8.97. The van der Waals surface area contributed by atoms with Crippen molar-refractivity contribution in [2.45, 2.75) is 39.0 Å². The molecule has 2 aromatic heterocycles. The van der Waals surface area contributed by atoms with E-state index in [1.807, 2.05) is 18.4 Å². The summed E-state index contributed by atoms with van der Waals surface area (Å²) < 4.78 is 40.0. The maximum absolute atomic E-state index is 13.3. The zero-order valence-electron chi connectivity index (χ0n) is 16.4. The van der Waals surface area contributed by atoms with Crippen molar-refractivity contribution in [1.82, 2.24) is 9.88 Å². The average molecular weight is 437 g/mol. The van der Waals surface area contributed by atoms with Gasteiger partial charge in [0.05, 0.1) is 21.8 Å². The predicted molar refractivity (Wildman–Crippen MR) is 111 cm³/mol. The number of amidine groups is 1. The Morgan fingerprint density at radius 2 is 2.13 bits per heavy atom. The first-order chi connectivity index (χ1) is 14.2. The fourth-order valence-corrected chi connectivity index (χ4v) is 4.02. The Bertz CT molecular complexity index is 997. The van der Waals surface area contributed by atoms with E-state index < -0.39 is 11.7 Å². The molecule has 6 nitrogen and oxygen atoms in total. The van der Waals surface area contributed by atoms with Gasteiger partial charge in [-0.15, -0.1) is 11.3 Å². The van der Waals surface area contributed by atoms with Crippen molar-refractivity contribution < 1.29 is 18.0 Å². The molecular formula is C20H22F3N5OS. The number of nitrogens with zero attached hydrogens (tertiary/aromatic N) is 3. The smallest absolute Gasteiger partial charge is 0.387 e. The number of thiophene rings is 1. The molecule has 1 amide bonds. The number of rotatable bonds is 6. The van der Waals surface area contributed by atoms with Crippen LogP contribution in [-0.2, 0) is 24.1 Å². The van der Waals surface area contributed by atoms with Gasteiger partial charge in [-0.25, -0.2) is 4.99 Å². The number of amides is 1. The van der Waals surface area contributed by atoms with Gasteiger partial charge in [-0.2, -0.15) is 13.2 Å². The largest absolute Gasteiger partial charge is 0.418 e. The highest BCUT2D eigenvalue weighted by Crippen LogP contribution is 2.33. The van der Waals surface area contributed by atoms with Crippen molar-refractivity contribution in [2.24, 2.45) is 16.5 Å². The van der Waals surface area contributed by atoms with Crippen molar-refractivity contribution in [3.8, 4) is 0 Å². The molecule has 0 atom stereocenters. The summed E-state index contributed by atoms with van der Waals surface area (Å²) in [6.07, 6.45) is -0.652. The summed E-state index contributed by atoms with van der Waals surface area (Å²) in [5.41, 5.74) is 11.7. The molecule has 4 N–H and O–H groups in total. The van der Waals surface area contributed by atoms with Gasteiger partial charge in [0.15, 0.2) is 0 Å². The Hall–Kier alpha value is -2.72. The number of aromatic nitrogens is 1. The maximum atomic E-state index is 13.3. The summed E-state index contributed by atoms with van der Waals surface area (Å²) >= 11 is 1.44. The van der Waals surface area contributed by atoms with Gasteiger partial charge >= 0.3 is 6.18 Å². The van der Waals surface area contributed by atoms with E-state index in [0.29, 0.717) is 30.1 Å². The average Bonchev–Trinajstić information content (AvgIpc) is 3.05. The first kappa shape index (κ1) is 22.0. The highest BCUT2D eigenvalue weighted by atomic mass is 32.1. The van der Waals surface area contributed by atoms with Crippen LogP contribution in [0.1, 0.15) is 41.5 Å². The third-order valence-corrected chi connectivity index (χ3v) is 5.42. The van der Waals surface area contributed by atoms with Gasteiger partial charge in [0, 0.05) is 37.8 Å². The molecule has 0 saturated carbocycles. The molecule has 3 heterocycles. The molecular weight excluding hydrogens is 415 g/mol. The van der Waals surface area contributed by atoms with Crippen LogP contribution in [0, 0.1) is 0 Å². The molecule has 0 fully saturated rings. The van der Waals surface area contributed by atoms with Crippen molar-refractivity contribution in [3.63, 3.8) is 0 Å². The fourth-order valence-electron chi connectivity index (χ4n) is 3.23. The van der Waals surface area contributed by atoms with Gasteiger partial charge in [0.25, 0.3) is 5.91 Å². The number of fused-ring (bicyclic) bond motifs is 1. The van der Waals surface area contributed by atoms with Crippen LogP contribution in [-0.4, -0.2) is 28.2 Å². The second-order valence-corrected chi connectivity index (χ2v) is 7.83. The first-order valence-corrected chi connectivity index (χ1v) is 10.3. The van der Waals surface area contributed by atoms with Gasteiger partial charge in [-0.05, 0) is 35.6 Å². The first-order valence-electron chi connectivity index (χ1n) is 9.38. The molecule has 10 heteroatoms. The number of hydrogen-bond donors (Lipinski definition) is 2. The van der Waals surface area contributed by atoms with Crippen LogP contribution in [0.5, 0.6) is 0 Å². The molecule has 0 bridgehead atoms. The van der Waals surface area contributed by atoms with Crippen LogP contribution in [0.4, 0.5) is 18.9 Å². The van der Waals surface area contributed by atoms with E-state index in [4.69, 9.17) is 11.5 Å². The lowest BCUT2D eigenvalue weighted by Crippen LogP contribution is -2.33. The Kier molecular flexibility index (Phi) is 6.57. The number of alkyl halides is 3. The Labute approximate surface area is 176 Å². The Morgan fingerprint density at radius 1 is 1.37 bits per heavy atom. The monoisotopic (exact) mass is 437 g/mol. The molecule has 0 spiro atoms. The lowest BCUT2D eigenvalue weighted by Gasteiger charge is -2.24. The lowest BCUT2D eigenvalue weighted by molar-refractivity contribution is -0.138. The summed E-state index contributed by atoms with van der Waals surface area (Å²) in [4.78, 5) is 23.7. The van der Waals surface area contributed by atoms with E-state index in [1.54, 1.807) is 6.08 Å². The van der Waals surface area contributed by atoms with Crippen LogP contribution >= 0.6 is 11.3 Å². The highest BCUT2D eigenvalue weighted by molar-refractivity contribution is 7.11. The van der Waals surface area contributed by atoms with Gasteiger partial charge in [-0.3, -0.25) is 9.78 Å². The molecule has 30 heavy (non-hydrogen) atoms. The zero-order valence-corrected chi connectivity index (χ0v) is 17.2. The molecule has 0 radical (unpaired) electrons. The second-order valence-electron chi connectivity index (χ2n) is 6.89. The minimum Gasteiger partial charge on any atom is -0.387 e. The van der Waals surface area contributed by atoms with E-state index in [-0.39, 0.29) is 36.7 Å². The lowest BCUT2D eigenvalue weighted by atomic mass is 10.1. The Balaban J connectivity index is 1.90. The highest BCUT2D eigenvalue weighted by Gasteiger charge is 2.34. The molecule has 160 valence electrons. The van der Waals surface area contributed by atoms with Crippen LogP contribution in [0.2, 0.25) is 0 Å². The molecule has 0 unspecified atom stereocenters. The third-order valence-electron chi connectivity index (χ3n) is 4.57. The normalized spacial score (nSPS) is 13.9.